The molecule has 0 atom stereocenters. The van der Waals surface area contributed by atoms with Crippen molar-refractivity contribution in [2.45, 2.75) is 23.6 Å². The number of aryl methyl sites for hydroxylation is 2. The van der Waals surface area contributed by atoms with Crippen LogP contribution in [-0.2, 0) is 20.2 Å². The molecule has 9 nitrogen and oxygen atoms in total. The maximum absolute atomic E-state index is 11.6. The molecule has 0 aromatic heterocycles. The first-order chi connectivity index (χ1) is 13.4. The van der Waals surface area contributed by atoms with E-state index in [1.807, 2.05) is 19.9 Å². The molecule has 0 heterocycles. The minimum Gasteiger partial charge on any atom is -0.504 e. The molecule has 152 valence electrons. The second-order valence-corrected chi connectivity index (χ2v) is 9.19. The molecule has 11 heteroatoms. The number of aromatic hydroxyl groups is 1. The minimum atomic E-state index is -4.85. The monoisotopic (exact) mass is 436 g/mol. The van der Waals surface area contributed by atoms with E-state index in [4.69, 9.17) is 0 Å². The zero-order valence-electron chi connectivity index (χ0n) is 15.2. The van der Waals surface area contributed by atoms with Gasteiger partial charge in [0.05, 0.1) is 10.6 Å². The molecule has 3 aromatic rings. The van der Waals surface area contributed by atoms with Crippen LogP contribution in [0.4, 0.5) is 11.4 Å². The molecule has 0 unspecified atom stereocenters. The van der Waals surface area contributed by atoms with E-state index in [0.29, 0.717) is 5.69 Å². The number of hydrogen-bond donors (Lipinski definition) is 3. The number of fused-ring (bicyclic) bond motifs is 1. The summed E-state index contributed by atoms with van der Waals surface area (Å²) in [5.41, 5.74) is 2.13. The average Bonchev–Trinajstić information content (AvgIpc) is 2.61. The van der Waals surface area contributed by atoms with Crippen LogP contribution in [-0.4, -0.2) is 31.0 Å². The number of benzene rings is 3. The van der Waals surface area contributed by atoms with Gasteiger partial charge in [0.25, 0.3) is 20.2 Å². The van der Waals surface area contributed by atoms with Gasteiger partial charge >= 0.3 is 0 Å². The number of azo groups is 1. The summed E-state index contributed by atoms with van der Waals surface area (Å²) < 4.78 is 64.7. The Balaban J connectivity index is 2.29. The maximum atomic E-state index is 11.6. The van der Waals surface area contributed by atoms with Crippen molar-refractivity contribution < 1.29 is 31.0 Å². The fourth-order valence-electron chi connectivity index (χ4n) is 2.68. The minimum absolute atomic E-state index is 0.000383. The SMILES string of the molecule is Cc1ccc(N=Nc2c(O)c(S(=O)(=O)O)cc3cc(S(=O)(=O)O)ccc23)cc1C. The number of nitrogens with zero attached hydrogens (tertiary/aromatic N) is 2. The summed E-state index contributed by atoms with van der Waals surface area (Å²) in [6.45, 7) is 3.79. The molecule has 3 N–H and O–H groups in total. The highest BCUT2D eigenvalue weighted by Crippen LogP contribution is 2.41. The predicted octanol–water partition coefficient (Wildman–Crippen LogP) is 4.07. The van der Waals surface area contributed by atoms with Gasteiger partial charge in [-0.1, -0.05) is 12.1 Å². The van der Waals surface area contributed by atoms with Crippen LogP contribution in [0.3, 0.4) is 0 Å². The second-order valence-electron chi connectivity index (χ2n) is 6.37. The molecular weight excluding hydrogens is 420 g/mol. The van der Waals surface area contributed by atoms with Crippen molar-refractivity contribution in [3.63, 3.8) is 0 Å². The Labute approximate surface area is 166 Å². The highest BCUT2D eigenvalue weighted by atomic mass is 32.2. The van der Waals surface area contributed by atoms with Crippen LogP contribution in [0.1, 0.15) is 11.1 Å². The normalized spacial score (nSPS) is 12.7. The standard InChI is InChI=1S/C18H16N2O7S2/c1-10-3-4-13(7-11(10)2)19-20-17-15-6-5-14(28(22,23)24)8-12(15)9-16(18(17)21)29(25,26)27/h3-9,21H,1-2H3,(H,22,23,24)(H,25,26,27). The van der Waals surface area contributed by atoms with Crippen LogP contribution in [0.5, 0.6) is 5.75 Å². The van der Waals surface area contributed by atoms with Crippen LogP contribution < -0.4 is 0 Å². The summed E-state index contributed by atoms with van der Waals surface area (Å²) in [7, 11) is -9.41. The van der Waals surface area contributed by atoms with Crippen LogP contribution in [0, 0.1) is 13.8 Å². The van der Waals surface area contributed by atoms with Crippen molar-refractivity contribution >= 4 is 42.4 Å². The van der Waals surface area contributed by atoms with E-state index in [2.05, 4.69) is 10.2 Å². The Hall–Kier alpha value is -2.86. The molecule has 0 aliphatic carbocycles. The Morgan fingerprint density at radius 1 is 0.793 bits per heavy atom. The Morgan fingerprint density at radius 2 is 1.48 bits per heavy atom. The van der Waals surface area contributed by atoms with Crippen LogP contribution in [0.2, 0.25) is 0 Å². The topological polar surface area (TPSA) is 154 Å². The van der Waals surface area contributed by atoms with Crippen LogP contribution in [0.25, 0.3) is 10.8 Å². The molecule has 29 heavy (non-hydrogen) atoms. The number of rotatable bonds is 4. The molecule has 3 rings (SSSR count). The van der Waals surface area contributed by atoms with Gasteiger partial charge in [0.2, 0.25) is 0 Å². The molecule has 0 aliphatic heterocycles. The van der Waals surface area contributed by atoms with Gasteiger partial charge in [-0.05, 0) is 60.7 Å². The predicted molar refractivity (Wildman–Crippen MR) is 105 cm³/mol. The second kappa shape index (κ2) is 7.19. The van der Waals surface area contributed by atoms with E-state index in [-0.39, 0.29) is 16.5 Å². The number of hydrogen-bond acceptors (Lipinski definition) is 7. The van der Waals surface area contributed by atoms with E-state index < -0.39 is 35.8 Å². The molecule has 0 radical (unpaired) electrons. The first-order valence-electron chi connectivity index (χ1n) is 8.11. The first kappa shape index (κ1) is 20.9. The summed E-state index contributed by atoms with van der Waals surface area (Å²) in [5, 5.41) is 18.5. The Bertz CT molecular complexity index is 1380. The first-order valence-corrected chi connectivity index (χ1v) is 11.0. The van der Waals surface area contributed by atoms with Gasteiger partial charge in [0.15, 0.2) is 5.75 Å². The summed E-state index contributed by atoms with van der Waals surface area (Å²) in [4.78, 5) is -1.36. The lowest BCUT2D eigenvalue weighted by Crippen LogP contribution is -2.00. The lowest BCUT2D eigenvalue weighted by Gasteiger charge is -2.09. The lowest BCUT2D eigenvalue weighted by molar-refractivity contribution is 0.445. The van der Waals surface area contributed by atoms with Gasteiger partial charge < -0.3 is 5.11 Å². The van der Waals surface area contributed by atoms with Gasteiger partial charge in [-0.3, -0.25) is 9.11 Å². The van der Waals surface area contributed by atoms with E-state index >= 15 is 0 Å². The van der Waals surface area contributed by atoms with E-state index in [0.717, 1.165) is 29.3 Å². The molecular formula is C18H16N2O7S2. The van der Waals surface area contributed by atoms with E-state index in [9.17, 15) is 31.0 Å². The van der Waals surface area contributed by atoms with Gasteiger partial charge in [0.1, 0.15) is 10.6 Å². The van der Waals surface area contributed by atoms with Crippen molar-refractivity contribution in [3.05, 3.63) is 53.6 Å². The van der Waals surface area contributed by atoms with E-state index in [1.54, 1.807) is 12.1 Å². The van der Waals surface area contributed by atoms with Crippen molar-refractivity contribution in [1.29, 1.82) is 0 Å². The number of phenols is 1. The Morgan fingerprint density at radius 3 is 2.07 bits per heavy atom. The summed E-state index contributed by atoms with van der Waals surface area (Å²) in [5.74, 6) is -0.841. The van der Waals surface area contributed by atoms with Crippen molar-refractivity contribution in [3.8, 4) is 5.75 Å². The average molecular weight is 436 g/mol. The highest BCUT2D eigenvalue weighted by Gasteiger charge is 2.22. The van der Waals surface area contributed by atoms with Crippen LogP contribution in [0.15, 0.2) is 62.5 Å². The molecule has 0 saturated carbocycles. The zero-order chi connectivity index (χ0) is 21.6. The zero-order valence-corrected chi connectivity index (χ0v) is 16.9. The summed E-state index contributed by atoms with van der Waals surface area (Å²) in [6.07, 6.45) is 0. The van der Waals surface area contributed by atoms with Gasteiger partial charge in [-0.25, -0.2) is 0 Å². The van der Waals surface area contributed by atoms with Gasteiger partial charge in [-0.15, -0.1) is 5.11 Å². The lowest BCUT2D eigenvalue weighted by atomic mass is 10.1. The quantitative estimate of drug-likeness (QED) is 0.411. The third-order valence-electron chi connectivity index (χ3n) is 4.35. The van der Waals surface area contributed by atoms with Crippen molar-refractivity contribution in [2.24, 2.45) is 10.2 Å². The molecule has 0 spiro atoms. The van der Waals surface area contributed by atoms with Crippen LogP contribution >= 0.6 is 0 Å². The third kappa shape index (κ3) is 4.27. The summed E-state index contributed by atoms with van der Waals surface area (Å²) >= 11 is 0. The fraction of sp³-hybridized carbons (Fsp3) is 0.111. The third-order valence-corrected chi connectivity index (χ3v) is 6.07. The maximum Gasteiger partial charge on any atom is 0.298 e. The fourth-order valence-corrected chi connectivity index (χ4v) is 3.82. The van der Waals surface area contributed by atoms with Crippen molar-refractivity contribution in [1.82, 2.24) is 0 Å². The number of phenolic OH excluding ortho intramolecular Hbond substituents is 1. The smallest absolute Gasteiger partial charge is 0.298 e. The molecule has 0 aliphatic rings. The molecule has 0 amide bonds. The van der Waals surface area contributed by atoms with E-state index in [1.165, 1.54) is 6.07 Å². The Kier molecular flexibility index (Phi) is 5.17. The van der Waals surface area contributed by atoms with Crippen molar-refractivity contribution in [2.75, 3.05) is 0 Å². The molecule has 0 saturated heterocycles. The summed E-state index contributed by atoms with van der Waals surface area (Å²) in [6, 6.07) is 9.40. The van der Waals surface area contributed by atoms with Gasteiger partial charge in [-0.2, -0.15) is 21.9 Å². The molecule has 3 aromatic carbocycles. The molecule has 0 bridgehead atoms. The van der Waals surface area contributed by atoms with Gasteiger partial charge in [0, 0.05) is 5.39 Å². The largest absolute Gasteiger partial charge is 0.504 e. The molecule has 0 fully saturated rings. The highest BCUT2D eigenvalue weighted by molar-refractivity contribution is 7.86.